The Morgan fingerprint density at radius 3 is 2.38 bits per heavy atom. The molecule has 7 nitrogen and oxygen atoms in total. The summed E-state index contributed by atoms with van der Waals surface area (Å²) in [5, 5.41) is 11.7. The Morgan fingerprint density at radius 2 is 1.76 bits per heavy atom. The van der Waals surface area contributed by atoms with Crippen molar-refractivity contribution in [2.45, 2.75) is 13.8 Å². The molecule has 0 fully saturated rings. The molecule has 8 heteroatoms. The molecule has 152 valence electrons. The number of hydrogen-bond acceptors (Lipinski definition) is 6. The lowest BCUT2D eigenvalue weighted by Crippen LogP contribution is -2.21. The molecule has 3 rings (SSSR count). The van der Waals surface area contributed by atoms with Crippen LogP contribution in [0.2, 0.25) is 0 Å². The zero-order valence-electron chi connectivity index (χ0n) is 17.0. The first-order valence-corrected chi connectivity index (χ1v) is 9.81. The van der Waals surface area contributed by atoms with Crippen molar-refractivity contribution in [2.24, 2.45) is 5.10 Å². The number of aromatic nitrogens is 3. The largest absolute Gasteiger partial charge is 0.493 e. The lowest BCUT2D eigenvalue weighted by Gasteiger charge is -2.20. The number of benzene rings is 2. The molecule has 0 atom stereocenters. The molecule has 3 aromatic rings. The fraction of sp³-hybridized carbons (Fsp3) is 0.286. The van der Waals surface area contributed by atoms with Crippen LogP contribution in [0.5, 0.6) is 11.5 Å². The van der Waals surface area contributed by atoms with Gasteiger partial charge in [-0.2, -0.15) is 14.9 Å². The molecule has 0 unspecified atom stereocenters. The molecule has 1 aromatic heterocycles. The van der Waals surface area contributed by atoms with Crippen molar-refractivity contribution in [1.82, 2.24) is 14.9 Å². The second-order valence-corrected chi connectivity index (χ2v) is 6.63. The van der Waals surface area contributed by atoms with E-state index in [1.807, 2.05) is 30.3 Å². The normalized spacial score (nSPS) is 11.0. The highest BCUT2D eigenvalue weighted by atomic mass is 32.1. The van der Waals surface area contributed by atoms with Crippen LogP contribution in [0.25, 0.3) is 11.4 Å². The van der Waals surface area contributed by atoms with E-state index in [9.17, 15) is 0 Å². The van der Waals surface area contributed by atoms with E-state index in [0.717, 1.165) is 24.2 Å². The zero-order valence-corrected chi connectivity index (χ0v) is 17.9. The number of aromatic amines is 1. The molecule has 29 heavy (non-hydrogen) atoms. The molecule has 2 aromatic carbocycles. The average Bonchev–Trinajstić information content (AvgIpc) is 3.13. The Balaban J connectivity index is 1.90. The van der Waals surface area contributed by atoms with E-state index in [-0.39, 0.29) is 0 Å². The molecule has 0 radical (unpaired) electrons. The minimum atomic E-state index is 0.408. The first-order chi connectivity index (χ1) is 14.1. The van der Waals surface area contributed by atoms with Gasteiger partial charge in [0.05, 0.1) is 20.4 Å². The second-order valence-electron chi connectivity index (χ2n) is 6.24. The standard InChI is InChI=1S/C21H25N5O2S/c1-5-25(6-2)17-10-7-15(8-11-17)14-22-26-20(23-24-21(26)29)16-9-12-18(27-3)19(13-16)28-4/h7-14H,5-6H2,1-4H3,(H,24,29)/b22-14-. The van der Waals surface area contributed by atoms with Gasteiger partial charge >= 0.3 is 0 Å². The van der Waals surface area contributed by atoms with Crippen LogP contribution in [0.3, 0.4) is 0 Å². The predicted octanol–water partition coefficient (Wildman–Crippen LogP) is 4.35. The van der Waals surface area contributed by atoms with Crippen LogP contribution in [0.1, 0.15) is 19.4 Å². The lowest BCUT2D eigenvalue weighted by atomic mass is 10.2. The maximum absolute atomic E-state index is 5.38. The highest BCUT2D eigenvalue weighted by Gasteiger charge is 2.12. The minimum absolute atomic E-state index is 0.408. The molecule has 1 N–H and O–H groups in total. The summed E-state index contributed by atoms with van der Waals surface area (Å²) in [4.78, 5) is 2.29. The molecule has 0 aliphatic carbocycles. The van der Waals surface area contributed by atoms with Gasteiger partial charge in [-0.1, -0.05) is 12.1 Å². The van der Waals surface area contributed by atoms with Crippen molar-refractivity contribution in [3.63, 3.8) is 0 Å². The quantitative estimate of drug-likeness (QED) is 0.441. The SMILES string of the molecule is CCN(CC)c1ccc(/C=N\n2c(-c3ccc(OC)c(OC)c3)n[nH]c2=S)cc1. The zero-order chi connectivity index (χ0) is 20.8. The summed E-state index contributed by atoms with van der Waals surface area (Å²) >= 11 is 5.35. The third-order valence-electron chi connectivity index (χ3n) is 4.64. The summed E-state index contributed by atoms with van der Waals surface area (Å²) in [5.74, 6) is 1.85. The summed E-state index contributed by atoms with van der Waals surface area (Å²) in [5.41, 5.74) is 2.98. The fourth-order valence-electron chi connectivity index (χ4n) is 3.05. The van der Waals surface area contributed by atoms with E-state index >= 15 is 0 Å². The van der Waals surface area contributed by atoms with Crippen LogP contribution in [-0.2, 0) is 0 Å². The molecule has 1 heterocycles. The number of H-pyrrole nitrogens is 1. The number of anilines is 1. The summed E-state index contributed by atoms with van der Waals surface area (Å²) in [6.45, 7) is 6.25. The van der Waals surface area contributed by atoms with E-state index in [1.165, 1.54) is 5.69 Å². The molecule has 0 saturated carbocycles. The van der Waals surface area contributed by atoms with Gasteiger partial charge in [-0.15, -0.1) is 0 Å². The Kier molecular flexibility index (Phi) is 6.66. The molecule has 0 aliphatic heterocycles. The highest BCUT2D eigenvalue weighted by Crippen LogP contribution is 2.31. The van der Waals surface area contributed by atoms with Crippen molar-refractivity contribution in [2.75, 3.05) is 32.2 Å². The van der Waals surface area contributed by atoms with Crippen molar-refractivity contribution in [1.29, 1.82) is 0 Å². The smallest absolute Gasteiger partial charge is 0.216 e. The lowest BCUT2D eigenvalue weighted by molar-refractivity contribution is 0.355. The molecular formula is C21H25N5O2S. The Morgan fingerprint density at radius 1 is 1.07 bits per heavy atom. The molecular weight excluding hydrogens is 386 g/mol. The van der Waals surface area contributed by atoms with Gasteiger partial charge in [-0.05, 0) is 62.0 Å². The van der Waals surface area contributed by atoms with Gasteiger partial charge in [0.1, 0.15) is 0 Å². The van der Waals surface area contributed by atoms with Crippen molar-refractivity contribution < 1.29 is 9.47 Å². The first-order valence-electron chi connectivity index (χ1n) is 9.40. The maximum atomic E-state index is 5.38. The average molecular weight is 412 g/mol. The van der Waals surface area contributed by atoms with Gasteiger partial charge in [-0.3, -0.25) is 0 Å². The predicted molar refractivity (Wildman–Crippen MR) is 119 cm³/mol. The Hall–Kier alpha value is -3.13. The summed E-state index contributed by atoms with van der Waals surface area (Å²) in [7, 11) is 3.20. The van der Waals surface area contributed by atoms with Crippen LogP contribution in [-0.4, -0.2) is 48.4 Å². The van der Waals surface area contributed by atoms with E-state index in [4.69, 9.17) is 21.7 Å². The van der Waals surface area contributed by atoms with E-state index in [0.29, 0.717) is 22.1 Å². The number of nitrogens with one attached hydrogen (secondary N) is 1. The number of ether oxygens (including phenoxy) is 2. The monoisotopic (exact) mass is 411 g/mol. The fourth-order valence-corrected chi connectivity index (χ4v) is 3.22. The van der Waals surface area contributed by atoms with Crippen molar-refractivity contribution in [3.8, 4) is 22.9 Å². The summed E-state index contributed by atoms with van der Waals surface area (Å²) in [6, 6.07) is 13.8. The number of methoxy groups -OCH3 is 2. The van der Waals surface area contributed by atoms with E-state index in [2.05, 4.69) is 46.2 Å². The van der Waals surface area contributed by atoms with Crippen LogP contribution in [0.4, 0.5) is 5.69 Å². The van der Waals surface area contributed by atoms with Crippen LogP contribution < -0.4 is 14.4 Å². The molecule has 0 bridgehead atoms. The maximum Gasteiger partial charge on any atom is 0.216 e. The van der Waals surface area contributed by atoms with Crippen LogP contribution in [0.15, 0.2) is 47.6 Å². The molecule has 0 aliphatic rings. The summed E-state index contributed by atoms with van der Waals surface area (Å²) in [6.07, 6.45) is 1.77. The first kappa shape index (κ1) is 20.6. The van der Waals surface area contributed by atoms with Gasteiger partial charge in [0.2, 0.25) is 4.77 Å². The van der Waals surface area contributed by atoms with Crippen molar-refractivity contribution in [3.05, 3.63) is 52.8 Å². The molecule has 0 saturated heterocycles. The highest BCUT2D eigenvalue weighted by molar-refractivity contribution is 7.71. The Bertz CT molecular complexity index is 1040. The Labute approximate surface area is 175 Å². The number of hydrogen-bond donors (Lipinski definition) is 1. The number of rotatable bonds is 8. The topological polar surface area (TPSA) is 67.7 Å². The van der Waals surface area contributed by atoms with Crippen LogP contribution >= 0.6 is 12.2 Å². The van der Waals surface area contributed by atoms with Gasteiger partial charge < -0.3 is 14.4 Å². The third kappa shape index (κ3) is 4.48. The van der Waals surface area contributed by atoms with E-state index < -0.39 is 0 Å². The third-order valence-corrected chi connectivity index (χ3v) is 4.90. The van der Waals surface area contributed by atoms with Gasteiger partial charge in [0.25, 0.3) is 0 Å². The molecule has 0 spiro atoms. The molecule has 0 amide bonds. The van der Waals surface area contributed by atoms with Crippen LogP contribution in [0, 0.1) is 4.77 Å². The number of nitrogens with zero attached hydrogens (tertiary/aromatic N) is 4. The van der Waals surface area contributed by atoms with Gasteiger partial charge in [-0.25, -0.2) is 5.10 Å². The van der Waals surface area contributed by atoms with Crippen molar-refractivity contribution >= 4 is 24.1 Å². The summed E-state index contributed by atoms with van der Waals surface area (Å²) < 4.78 is 12.7. The second kappa shape index (κ2) is 9.38. The van der Waals surface area contributed by atoms with Gasteiger partial charge in [0, 0.05) is 24.3 Å². The van der Waals surface area contributed by atoms with E-state index in [1.54, 1.807) is 25.1 Å². The minimum Gasteiger partial charge on any atom is -0.493 e. The van der Waals surface area contributed by atoms with Gasteiger partial charge in [0.15, 0.2) is 17.3 Å².